The number of aldehydes is 1. The molecule has 0 radical (unpaired) electrons. The van der Waals surface area contributed by atoms with Crippen LogP contribution in [0.3, 0.4) is 0 Å². The third kappa shape index (κ3) is 9.72. The van der Waals surface area contributed by atoms with Crippen LogP contribution < -0.4 is 0 Å². The van der Waals surface area contributed by atoms with Gasteiger partial charge in [-0.2, -0.15) is 0 Å². The first kappa shape index (κ1) is 13.6. The van der Waals surface area contributed by atoms with Crippen LogP contribution in [0.25, 0.3) is 0 Å². The predicted molar refractivity (Wildman–Crippen MR) is 59.4 cm³/mol. The number of rotatable bonds is 10. The molecule has 0 spiro atoms. The van der Waals surface area contributed by atoms with Gasteiger partial charge in [0.2, 0.25) is 0 Å². The van der Waals surface area contributed by atoms with Gasteiger partial charge in [-0.1, -0.05) is 39.5 Å². The maximum atomic E-state index is 10.3. The molecule has 14 heavy (non-hydrogen) atoms. The Morgan fingerprint density at radius 1 is 1.14 bits per heavy atom. The van der Waals surface area contributed by atoms with E-state index in [4.69, 9.17) is 4.74 Å². The monoisotopic (exact) mass is 200 g/mol. The number of ether oxygens (including phenoxy) is 1. The van der Waals surface area contributed by atoms with Gasteiger partial charge in [0.1, 0.15) is 6.29 Å². The van der Waals surface area contributed by atoms with Gasteiger partial charge in [-0.05, 0) is 12.8 Å². The van der Waals surface area contributed by atoms with Crippen LogP contribution in [0.1, 0.15) is 52.4 Å². The average Bonchev–Trinajstić information content (AvgIpc) is 2.21. The van der Waals surface area contributed by atoms with Gasteiger partial charge in [0.15, 0.2) is 0 Å². The summed E-state index contributed by atoms with van der Waals surface area (Å²) in [4.78, 5) is 10.3. The van der Waals surface area contributed by atoms with E-state index in [1.807, 2.05) is 6.92 Å². The molecule has 0 aliphatic carbocycles. The van der Waals surface area contributed by atoms with E-state index < -0.39 is 0 Å². The van der Waals surface area contributed by atoms with Crippen molar-refractivity contribution in [1.29, 1.82) is 0 Å². The fourth-order valence-electron chi connectivity index (χ4n) is 1.25. The second-order valence-corrected chi connectivity index (χ2v) is 3.93. The molecule has 0 aliphatic rings. The zero-order valence-corrected chi connectivity index (χ0v) is 9.63. The van der Waals surface area contributed by atoms with E-state index in [1.165, 1.54) is 25.7 Å². The SMILES string of the molecule is CCCCCCCOCCC(C)C=O. The molecule has 0 fully saturated rings. The number of unbranched alkanes of at least 4 members (excludes halogenated alkanes) is 4. The van der Waals surface area contributed by atoms with Crippen LogP contribution in [0, 0.1) is 5.92 Å². The predicted octanol–water partition coefficient (Wildman–Crippen LogP) is 3.20. The maximum absolute atomic E-state index is 10.3. The molecule has 0 bridgehead atoms. The van der Waals surface area contributed by atoms with Gasteiger partial charge in [-0.3, -0.25) is 0 Å². The van der Waals surface area contributed by atoms with Gasteiger partial charge in [-0.15, -0.1) is 0 Å². The minimum atomic E-state index is 0.148. The van der Waals surface area contributed by atoms with Crippen molar-refractivity contribution in [3.8, 4) is 0 Å². The number of carbonyl (C=O) groups excluding carboxylic acids is 1. The zero-order valence-electron chi connectivity index (χ0n) is 9.63. The molecule has 2 nitrogen and oxygen atoms in total. The van der Waals surface area contributed by atoms with E-state index in [1.54, 1.807) is 0 Å². The van der Waals surface area contributed by atoms with Crippen LogP contribution in [-0.4, -0.2) is 19.5 Å². The lowest BCUT2D eigenvalue weighted by atomic mass is 10.1. The second kappa shape index (κ2) is 10.7. The van der Waals surface area contributed by atoms with Crippen molar-refractivity contribution < 1.29 is 9.53 Å². The molecule has 0 saturated carbocycles. The summed E-state index contributed by atoms with van der Waals surface area (Å²) in [6.45, 7) is 5.73. The van der Waals surface area contributed by atoms with Crippen LogP contribution in [0.2, 0.25) is 0 Å². The summed E-state index contributed by atoms with van der Waals surface area (Å²) in [5.74, 6) is 0.148. The van der Waals surface area contributed by atoms with Gasteiger partial charge in [0.25, 0.3) is 0 Å². The molecule has 1 atom stereocenters. The summed E-state index contributed by atoms with van der Waals surface area (Å²) in [7, 11) is 0. The Balaban J connectivity index is 2.95. The van der Waals surface area contributed by atoms with E-state index in [-0.39, 0.29) is 5.92 Å². The molecule has 2 heteroatoms. The van der Waals surface area contributed by atoms with Crippen molar-refractivity contribution >= 4 is 6.29 Å². The Hall–Kier alpha value is -0.370. The van der Waals surface area contributed by atoms with E-state index in [0.717, 1.165) is 32.3 Å². The zero-order chi connectivity index (χ0) is 10.6. The summed E-state index contributed by atoms with van der Waals surface area (Å²) in [5.41, 5.74) is 0. The molecule has 0 aromatic heterocycles. The van der Waals surface area contributed by atoms with E-state index >= 15 is 0 Å². The van der Waals surface area contributed by atoms with Gasteiger partial charge in [0, 0.05) is 19.1 Å². The van der Waals surface area contributed by atoms with E-state index in [0.29, 0.717) is 0 Å². The topological polar surface area (TPSA) is 26.3 Å². The van der Waals surface area contributed by atoms with Gasteiger partial charge >= 0.3 is 0 Å². The minimum Gasteiger partial charge on any atom is -0.381 e. The first-order valence-corrected chi connectivity index (χ1v) is 5.84. The molecule has 84 valence electrons. The summed E-state index contributed by atoms with van der Waals surface area (Å²) in [6.07, 6.45) is 8.24. The Kier molecular flexibility index (Phi) is 10.4. The molecule has 0 aromatic carbocycles. The van der Waals surface area contributed by atoms with Crippen molar-refractivity contribution in [2.45, 2.75) is 52.4 Å². The van der Waals surface area contributed by atoms with Gasteiger partial charge in [-0.25, -0.2) is 0 Å². The van der Waals surface area contributed by atoms with E-state index in [9.17, 15) is 4.79 Å². The Bertz CT molecular complexity index is 123. The summed E-state index contributed by atoms with van der Waals surface area (Å²) in [6, 6.07) is 0. The fourth-order valence-corrected chi connectivity index (χ4v) is 1.25. The summed E-state index contributed by atoms with van der Waals surface area (Å²) >= 11 is 0. The van der Waals surface area contributed by atoms with Crippen molar-refractivity contribution in [1.82, 2.24) is 0 Å². The molecule has 0 N–H and O–H groups in total. The number of hydrogen-bond donors (Lipinski definition) is 0. The van der Waals surface area contributed by atoms with Crippen molar-refractivity contribution in [3.63, 3.8) is 0 Å². The molecular formula is C12H24O2. The van der Waals surface area contributed by atoms with Crippen molar-refractivity contribution in [2.75, 3.05) is 13.2 Å². The molecule has 0 heterocycles. The van der Waals surface area contributed by atoms with Gasteiger partial charge in [0.05, 0.1) is 0 Å². The first-order valence-electron chi connectivity index (χ1n) is 5.84. The van der Waals surface area contributed by atoms with E-state index in [2.05, 4.69) is 6.92 Å². The molecular weight excluding hydrogens is 176 g/mol. The quantitative estimate of drug-likeness (QED) is 0.400. The van der Waals surface area contributed by atoms with Crippen molar-refractivity contribution in [2.24, 2.45) is 5.92 Å². The molecule has 0 saturated heterocycles. The highest BCUT2D eigenvalue weighted by Gasteiger charge is 1.98. The van der Waals surface area contributed by atoms with Crippen LogP contribution in [0.15, 0.2) is 0 Å². The molecule has 0 amide bonds. The minimum absolute atomic E-state index is 0.148. The number of hydrogen-bond acceptors (Lipinski definition) is 2. The summed E-state index contributed by atoms with van der Waals surface area (Å²) < 4.78 is 5.43. The van der Waals surface area contributed by atoms with Crippen LogP contribution >= 0.6 is 0 Å². The standard InChI is InChI=1S/C12H24O2/c1-3-4-5-6-7-9-14-10-8-12(2)11-13/h11-12H,3-10H2,1-2H3. The van der Waals surface area contributed by atoms with Gasteiger partial charge < -0.3 is 9.53 Å². The lowest BCUT2D eigenvalue weighted by molar-refractivity contribution is -0.111. The number of carbonyl (C=O) groups is 1. The molecule has 0 aliphatic heterocycles. The third-order valence-corrected chi connectivity index (χ3v) is 2.34. The van der Waals surface area contributed by atoms with Crippen LogP contribution in [0.4, 0.5) is 0 Å². The fraction of sp³-hybridized carbons (Fsp3) is 0.917. The Morgan fingerprint density at radius 3 is 2.50 bits per heavy atom. The average molecular weight is 200 g/mol. The Morgan fingerprint density at radius 2 is 1.86 bits per heavy atom. The molecule has 0 rings (SSSR count). The lowest BCUT2D eigenvalue weighted by Gasteiger charge is -2.05. The normalized spacial score (nSPS) is 12.7. The second-order valence-electron chi connectivity index (χ2n) is 3.93. The lowest BCUT2D eigenvalue weighted by Crippen LogP contribution is -2.03. The highest BCUT2D eigenvalue weighted by Crippen LogP contribution is 2.03. The first-order chi connectivity index (χ1) is 6.81. The highest BCUT2D eigenvalue weighted by atomic mass is 16.5. The third-order valence-electron chi connectivity index (χ3n) is 2.34. The largest absolute Gasteiger partial charge is 0.381 e. The Labute approximate surface area is 88.0 Å². The van der Waals surface area contributed by atoms with Crippen molar-refractivity contribution in [3.05, 3.63) is 0 Å². The molecule has 1 unspecified atom stereocenters. The summed E-state index contributed by atoms with van der Waals surface area (Å²) in [5, 5.41) is 0. The highest BCUT2D eigenvalue weighted by molar-refractivity contribution is 5.52. The van der Waals surface area contributed by atoms with Crippen LogP contribution in [0.5, 0.6) is 0 Å². The maximum Gasteiger partial charge on any atom is 0.122 e. The van der Waals surface area contributed by atoms with Crippen LogP contribution in [-0.2, 0) is 9.53 Å². The molecule has 0 aromatic rings. The smallest absolute Gasteiger partial charge is 0.122 e.